The van der Waals surface area contributed by atoms with Crippen molar-refractivity contribution >= 4 is 15.9 Å². The van der Waals surface area contributed by atoms with Gasteiger partial charge in [0.25, 0.3) is 0 Å². The molecule has 90 valence electrons. The van der Waals surface area contributed by atoms with Crippen LogP contribution in [-0.2, 0) is 11.2 Å². The molecule has 1 N–H and O–H groups in total. The Labute approximate surface area is 107 Å². The maximum Gasteiger partial charge on any atom is 0.0615 e. The highest BCUT2D eigenvalue weighted by molar-refractivity contribution is 9.10. The minimum absolute atomic E-state index is 0.446. The van der Waals surface area contributed by atoms with Crippen molar-refractivity contribution in [2.45, 2.75) is 25.8 Å². The number of halogens is 1. The fourth-order valence-corrected chi connectivity index (χ4v) is 2.25. The van der Waals surface area contributed by atoms with E-state index in [0.29, 0.717) is 6.04 Å². The molecule has 1 rings (SSSR count). The molecule has 1 aromatic carbocycles. The molecule has 0 radical (unpaired) electrons. The van der Waals surface area contributed by atoms with Crippen molar-refractivity contribution in [3.63, 3.8) is 0 Å². The van der Waals surface area contributed by atoms with Crippen molar-refractivity contribution in [1.29, 1.82) is 0 Å². The molecule has 0 aliphatic carbocycles. The van der Waals surface area contributed by atoms with E-state index in [4.69, 9.17) is 4.74 Å². The van der Waals surface area contributed by atoms with E-state index in [9.17, 15) is 0 Å². The van der Waals surface area contributed by atoms with Gasteiger partial charge in [0, 0.05) is 17.6 Å². The van der Waals surface area contributed by atoms with Gasteiger partial charge in [-0.3, -0.25) is 0 Å². The number of benzene rings is 1. The van der Waals surface area contributed by atoms with Crippen molar-refractivity contribution in [3.8, 4) is 0 Å². The maximum atomic E-state index is 5.20. The standard InChI is InChI=1S/C13H20BrNO/c1-3-15-12(10-16-2)9-8-11-6-4-5-7-13(11)14/h4-7,12,15H,3,8-10H2,1-2H3. The van der Waals surface area contributed by atoms with Crippen molar-refractivity contribution in [1.82, 2.24) is 5.32 Å². The highest BCUT2D eigenvalue weighted by atomic mass is 79.9. The normalized spacial score (nSPS) is 12.7. The molecule has 0 heterocycles. The second kappa shape index (κ2) is 7.82. The van der Waals surface area contributed by atoms with Crippen molar-refractivity contribution < 1.29 is 4.74 Å². The van der Waals surface area contributed by atoms with Crippen LogP contribution in [0.15, 0.2) is 28.7 Å². The molecule has 1 aromatic rings. The van der Waals surface area contributed by atoms with E-state index in [2.05, 4.69) is 46.4 Å². The highest BCUT2D eigenvalue weighted by Gasteiger charge is 2.07. The average molecular weight is 286 g/mol. The molecule has 2 nitrogen and oxygen atoms in total. The van der Waals surface area contributed by atoms with E-state index in [1.165, 1.54) is 10.0 Å². The van der Waals surface area contributed by atoms with Crippen LogP contribution in [0.3, 0.4) is 0 Å². The number of methoxy groups -OCH3 is 1. The van der Waals surface area contributed by atoms with Gasteiger partial charge in [-0.1, -0.05) is 41.1 Å². The van der Waals surface area contributed by atoms with Crippen LogP contribution < -0.4 is 5.32 Å². The summed E-state index contributed by atoms with van der Waals surface area (Å²) < 4.78 is 6.40. The second-order valence-corrected chi connectivity index (χ2v) is 4.69. The Morgan fingerprint density at radius 3 is 2.75 bits per heavy atom. The monoisotopic (exact) mass is 285 g/mol. The lowest BCUT2D eigenvalue weighted by Gasteiger charge is -2.17. The third kappa shape index (κ3) is 4.64. The quantitative estimate of drug-likeness (QED) is 0.832. The summed E-state index contributed by atoms with van der Waals surface area (Å²) >= 11 is 3.57. The lowest BCUT2D eigenvalue weighted by Crippen LogP contribution is -2.33. The number of nitrogens with one attached hydrogen (secondary N) is 1. The molecule has 1 atom stereocenters. The van der Waals surface area contributed by atoms with Crippen molar-refractivity contribution in [2.75, 3.05) is 20.3 Å². The van der Waals surface area contributed by atoms with Crippen molar-refractivity contribution in [2.24, 2.45) is 0 Å². The first-order chi connectivity index (χ1) is 7.77. The minimum Gasteiger partial charge on any atom is -0.383 e. The maximum absolute atomic E-state index is 5.20. The van der Waals surface area contributed by atoms with Crippen LogP contribution in [0.1, 0.15) is 18.9 Å². The Kier molecular flexibility index (Phi) is 6.69. The van der Waals surface area contributed by atoms with Gasteiger partial charge in [-0.2, -0.15) is 0 Å². The Balaban J connectivity index is 2.45. The van der Waals surface area contributed by atoms with E-state index in [1.54, 1.807) is 7.11 Å². The largest absolute Gasteiger partial charge is 0.383 e. The zero-order chi connectivity index (χ0) is 11.8. The third-order valence-electron chi connectivity index (χ3n) is 2.58. The molecule has 0 fully saturated rings. The zero-order valence-corrected chi connectivity index (χ0v) is 11.6. The predicted octanol–water partition coefficient (Wildman–Crippen LogP) is 3.01. The van der Waals surface area contributed by atoms with Gasteiger partial charge in [-0.15, -0.1) is 0 Å². The van der Waals surface area contributed by atoms with Crippen LogP contribution in [0.2, 0.25) is 0 Å². The topological polar surface area (TPSA) is 21.3 Å². The molecule has 0 saturated carbocycles. The minimum atomic E-state index is 0.446. The van der Waals surface area contributed by atoms with Crippen LogP contribution in [0.25, 0.3) is 0 Å². The SMILES string of the molecule is CCNC(CCc1ccccc1Br)COC. The summed E-state index contributed by atoms with van der Waals surface area (Å²) in [6, 6.07) is 8.83. The van der Waals surface area contributed by atoms with Gasteiger partial charge in [-0.05, 0) is 31.0 Å². The Hall–Kier alpha value is -0.380. The number of hydrogen-bond acceptors (Lipinski definition) is 2. The summed E-state index contributed by atoms with van der Waals surface area (Å²) in [5, 5.41) is 3.43. The van der Waals surface area contributed by atoms with Gasteiger partial charge < -0.3 is 10.1 Å². The molecule has 0 aromatic heterocycles. The molecule has 16 heavy (non-hydrogen) atoms. The Morgan fingerprint density at radius 2 is 2.12 bits per heavy atom. The van der Waals surface area contributed by atoms with Crippen LogP contribution in [-0.4, -0.2) is 26.3 Å². The summed E-state index contributed by atoms with van der Waals surface area (Å²) in [5.41, 5.74) is 1.36. The third-order valence-corrected chi connectivity index (χ3v) is 3.35. The summed E-state index contributed by atoms with van der Waals surface area (Å²) in [6.07, 6.45) is 2.17. The number of ether oxygens (including phenoxy) is 1. The van der Waals surface area contributed by atoms with Gasteiger partial charge in [0.15, 0.2) is 0 Å². The van der Waals surface area contributed by atoms with E-state index < -0.39 is 0 Å². The molecule has 3 heteroatoms. The zero-order valence-electron chi connectivity index (χ0n) is 10.0. The molecular formula is C13H20BrNO. The first kappa shape index (κ1) is 13.7. The van der Waals surface area contributed by atoms with Gasteiger partial charge in [0.05, 0.1) is 6.61 Å². The fourth-order valence-electron chi connectivity index (χ4n) is 1.77. The van der Waals surface area contributed by atoms with Crippen LogP contribution >= 0.6 is 15.9 Å². The van der Waals surface area contributed by atoms with E-state index in [-0.39, 0.29) is 0 Å². The van der Waals surface area contributed by atoms with Crippen LogP contribution in [0.4, 0.5) is 0 Å². The Morgan fingerprint density at radius 1 is 1.38 bits per heavy atom. The fraction of sp³-hybridized carbons (Fsp3) is 0.538. The number of likely N-dealkylation sites (N-methyl/N-ethyl adjacent to an activating group) is 1. The predicted molar refractivity (Wildman–Crippen MR) is 71.8 cm³/mol. The summed E-state index contributed by atoms with van der Waals surface area (Å²) in [5.74, 6) is 0. The first-order valence-electron chi connectivity index (χ1n) is 5.73. The van der Waals surface area contributed by atoms with E-state index in [1.807, 2.05) is 6.07 Å². The number of aryl methyl sites for hydroxylation is 1. The van der Waals surface area contributed by atoms with Crippen molar-refractivity contribution in [3.05, 3.63) is 34.3 Å². The second-order valence-electron chi connectivity index (χ2n) is 3.84. The van der Waals surface area contributed by atoms with Crippen LogP contribution in [0, 0.1) is 0 Å². The smallest absolute Gasteiger partial charge is 0.0615 e. The molecule has 0 aliphatic heterocycles. The lowest BCUT2D eigenvalue weighted by molar-refractivity contribution is 0.163. The van der Waals surface area contributed by atoms with Crippen LogP contribution in [0.5, 0.6) is 0 Å². The average Bonchev–Trinajstić information content (AvgIpc) is 2.28. The molecular weight excluding hydrogens is 266 g/mol. The van der Waals surface area contributed by atoms with E-state index in [0.717, 1.165) is 26.0 Å². The lowest BCUT2D eigenvalue weighted by atomic mass is 10.1. The molecule has 0 spiro atoms. The molecule has 0 saturated heterocycles. The number of rotatable bonds is 7. The summed E-state index contributed by atoms with van der Waals surface area (Å²) in [4.78, 5) is 0. The summed E-state index contributed by atoms with van der Waals surface area (Å²) in [6.45, 7) is 3.89. The van der Waals surface area contributed by atoms with Gasteiger partial charge >= 0.3 is 0 Å². The Bertz CT molecular complexity index is 298. The van der Waals surface area contributed by atoms with Gasteiger partial charge in [0.2, 0.25) is 0 Å². The molecule has 1 unspecified atom stereocenters. The molecule has 0 aliphatic rings. The summed E-state index contributed by atoms with van der Waals surface area (Å²) in [7, 11) is 1.75. The first-order valence-corrected chi connectivity index (χ1v) is 6.53. The van der Waals surface area contributed by atoms with Gasteiger partial charge in [0.1, 0.15) is 0 Å². The molecule has 0 amide bonds. The highest BCUT2D eigenvalue weighted by Crippen LogP contribution is 2.18. The van der Waals surface area contributed by atoms with Gasteiger partial charge in [-0.25, -0.2) is 0 Å². The van der Waals surface area contributed by atoms with E-state index >= 15 is 0 Å². The molecule has 0 bridgehead atoms. The number of hydrogen-bond donors (Lipinski definition) is 1.